The molecule has 1 aromatic rings. The first kappa shape index (κ1) is 14.1. The Bertz CT molecular complexity index is 311. The van der Waals surface area contributed by atoms with Crippen LogP contribution in [0.5, 0.6) is 0 Å². The number of halogens is 2. The van der Waals surface area contributed by atoms with E-state index in [2.05, 4.69) is 61.0 Å². The van der Waals surface area contributed by atoms with E-state index in [4.69, 9.17) is 11.6 Å². The summed E-state index contributed by atoms with van der Waals surface area (Å²) in [5, 5.41) is 0.267. The molecule has 0 fully saturated rings. The van der Waals surface area contributed by atoms with Crippen LogP contribution in [-0.2, 0) is 6.42 Å². The van der Waals surface area contributed by atoms with Gasteiger partial charge < -0.3 is 0 Å². The molecule has 0 saturated carbocycles. The first-order valence-electron chi connectivity index (χ1n) is 5.78. The van der Waals surface area contributed by atoms with Crippen molar-refractivity contribution in [3.8, 4) is 0 Å². The molecule has 0 aliphatic rings. The molecular weight excluding hydrogens is 284 g/mol. The fourth-order valence-electron chi connectivity index (χ4n) is 1.57. The summed E-state index contributed by atoms with van der Waals surface area (Å²) in [7, 11) is 0. The van der Waals surface area contributed by atoms with Gasteiger partial charge in [-0.15, -0.1) is 11.6 Å². The molecule has 1 aromatic carbocycles. The number of aryl methyl sites for hydroxylation is 1. The molecule has 0 saturated heterocycles. The molecule has 0 aliphatic carbocycles. The SMILES string of the molecule is CC(C)(C)C(Cl)CCCc1ccc(Br)cc1. The standard InChI is InChI=1S/C14H20BrCl/c1-14(2,3)13(16)6-4-5-11-7-9-12(15)10-8-11/h7-10,13H,4-6H2,1-3H3. The van der Waals surface area contributed by atoms with Gasteiger partial charge in [0.05, 0.1) is 0 Å². The van der Waals surface area contributed by atoms with E-state index in [1.165, 1.54) is 5.56 Å². The first-order chi connectivity index (χ1) is 7.39. The van der Waals surface area contributed by atoms with Crippen LogP contribution in [0.25, 0.3) is 0 Å². The highest BCUT2D eigenvalue weighted by Gasteiger charge is 2.21. The molecule has 1 atom stereocenters. The molecule has 1 rings (SSSR count). The van der Waals surface area contributed by atoms with Crippen molar-refractivity contribution in [2.45, 2.75) is 45.4 Å². The molecule has 90 valence electrons. The number of hydrogen-bond acceptors (Lipinski definition) is 0. The molecule has 0 amide bonds. The zero-order chi connectivity index (χ0) is 12.2. The fraction of sp³-hybridized carbons (Fsp3) is 0.571. The molecule has 2 heteroatoms. The van der Waals surface area contributed by atoms with E-state index in [1.807, 2.05) is 0 Å². The minimum Gasteiger partial charge on any atom is -0.122 e. The first-order valence-corrected chi connectivity index (χ1v) is 7.01. The highest BCUT2D eigenvalue weighted by atomic mass is 79.9. The Morgan fingerprint density at radius 2 is 1.75 bits per heavy atom. The second-order valence-electron chi connectivity index (χ2n) is 5.35. The predicted molar refractivity (Wildman–Crippen MR) is 76.2 cm³/mol. The maximum atomic E-state index is 6.34. The molecule has 0 bridgehead atoms. The third-order valence-corrected chi connectivity index (χ3v) is 4.18. The number of alkyl halides is 1. The quantitative estimate of drug-likeness (QED) is 0.651. The smallest absolute Gasteiger partial charge is 0.0384 e. The molecule has 0 nitrogen and oxygen atoms in total. The third-order valence-electron chi connectivity index (χ3n) is 2.78. The van der Waals surface area contributed by atoms with Gasteiger partial charge in [0.1, 0.15) is 0 Å². The average molecular weight is 304 g/mol. The van der Waals surface area contributed by atoms with Crippen LogP contribution in [0.4, 0.5) is 0 Å². The predicted octanol–water partition coefficient (Wildman–Crippen LogP) is 5.43. The zero-order valence-electron chi connectivity index (χ0n) is 10.3. The Balaban J connectivity index is 2.33. The summed E-state index contributed by atoms with van der Waals surface area (Å²) in [6, 6.07) is 8.53. The van der Waals surface area contributed by atoms with Crippen LogP contribution in [0.15, 0.2) is 28.7 Å². The topological polar surface area (TPSA) is 0 Å². The van der Waals surface area contributed by atoms with E-state index in [1.54, 1.807) is 0 Å². The largest absolute Gasteiger partial charge is 0.122 e. The normalized spacial score (nSPS) is 13.8. The van der Waals surface area contributed by atoms with Crippen molar-refractivity contribution in [1.82, 2.24) is 0 Å². The van der Waals surface area contributed by atoms with Gasteiger partial charge in [-0.05, 0) is 42.4 Å². The van der Waals surface area contributed by atoms with Gasteiger partial charge in [0, 0.05) is 9.85 Å². The van der Waals surface area contributed by atoms with Crippen LogP contribution in [0.1, 0.15) is 39.2 Å². The Hall–Kier alpha value is -0.0100. The molecule has 0 heterocycles. The summed E-state index contributed by atoms with van der Waals surface area (Å²) in [6.07, 6.45) is 3.36. The summed E-state index contributed by atoms with van der Waals surface area (Å²) in [5.41, 5.74) is 1.60. The molecule has 0 radical (unpaired) electrons. The third kappa shape index (κ3) is 4.88. The monoisotopic (exact) mass is 302 g/mol. The maximum Gasteiger partial charge on any atom is 0.0384 e. The summed E-state index contributed by atoms with van der Waals surface area (Å²) in [6.45, 7) is 6.60. The lowest BCUT2D eigenvalue weighted by molar-refractivity contribution is 0.369. The lowest BCUT2D eigenvalue weighted by Crippen LogP contribution is -2.20. The van der Waals surface area contributed by atoms with Crippen molar-refractivity contribution in [2.24, 2.45) is 5.41 Å². The van der Waals surface area contributed by atoms with Gasteiger partial charge in [0.25, 0.3) is 0 Å². The maximum absolute atomic E-state index is 6.34. The van der Waals surface area contributed by atoms with E-state index in [0.717, 1.165) is 23.7 Å². The van der Waals surface area contributed by atoms with Crippen LogP contribution < -0.4 is 0 Å². The van der Waals surface area contributed by atoms with E-state index >= 15 is 0 Å². The number of benzene rings is 1. The Kier molecular flexibility index (Phi) is 5.33. The Morgan fingerprint density at radius 1 is 1.19 bits per heavy atom. The second kappa shape index (κ2) is 6.07. The summed E-state index contributed by atoms with van der Waals surface area (Å²) >= 11 is 9.78. The molecule has 0 N–H and O–H groups in total. The highest BCUT2D eigenvalue weighted by molar-refractivity contribution is 9.10. The van der Waals surface area contributed by atoms with Crippen molar-refractivity contribution < 1.29 is 0 Å². The summed E-state index contributed by atoms with van der Waals surface area (Å²) in [4.78, 5) is 0. The molecular formula is C14H20BrCl. The fourth-order valence-corrected chi connectivity index (χ4v) is 1.99. The van der Waals surface area contributed by atoms with Gasteiger partial charge in [0.15, 0.2) is 0 Å². The zero-order valence-corrected chi connectivity index (χ0v) is 12.6. The average Bonchev–Trinajstić information content (AvgIpc) is 2.19. The molecule has 1 unspecified atom stereocenters. The number of rotatable bonds is 4. The van der Waals surface area contributed by atoms with Gasteiger partial charge in [-0.25, -0.2) is 0 Å². The minimum absolute atomic E-state index is 0.210. The summed E-state index contributed by atoms with van der Waals surface area (Å²) < 4.78 is 1.14. The second-order valence-corrected chi connectivity index (χ2v) is 6.79. The molecule has 0 spiro atoms. The molecule has 16 heavy (non-hydrogen) atoms. The lowest BCUT2D eigenvalue weighted by Gasteiger charge is -2.24. The van der Waals surface area contributed by atoms with Gasteiger partial charge >= 0.3 is 0 Å². The van der Waals surface area contributed by atoms with Crippen LogP contribution >= 0.6 is 27.5 Å². The van der Waals surface area contributed by atoms with Crippen molar-refractivity contribution >= 4 is 27.5 Å². The van der Waals surface area contributed by atoms with Crippen LogP contribution in [0.2, 0.25) is 0 Å². The molecule has 0 aromatic heterocycles. The minimum atomic E-state index is 0.210. The van der Waals surface area contributed by atoms with E-state index in [0.29, 0.717) is 0 Å². The van der Waals surface area contributed by atoms with E-state index in [9.17, 15) is 0 Å². The van der Waals surface area contributed by atoms with Crippen LogP contribution in [0, 0.1) is 5.41 Å². The van der Waals surface area contributed by atoms with Gasteiger partial charge in [-0.3, -0.25) is 0 Å². The van der Waals surface area contributed by atoms with Gasteiger partial charge in [-0.1, -0.05) is 48.8 Å². The number of hydrogen-bond donors (Lipinski definition) is 0. The van der Waals surface area contributed by atoms with Crippen molar-refractivity contribution in [3.63, 3.8) is 0 Å². The van der Waals surface area contributed by atoms with Crippen LogP contribution in [0.3, 0.4) is 0 Å². The molecule has 0 aliphatic heterocycles. The Morgan fingerprint density at radius 3 is 2.25 bits per heavy atom. The van der Waals surface area contributed by atoms with Gasteiger partial charge in [0.2, 0.25) is 0 Å². The van der Waals surface area contributed by atoms with E-state index in [-0.39, 0.29) is 10.8 Å². The summed E-state index contributed by atoms with van der Waals surface area (Å²) in [5.74, 6) is 0. The van der Waals surface area contributed by atoms with Crippen molar-refractivity contribution in [3.05, 3.63) is 34.3 Å². The lowest BCUT2D eigenvalue weighted by atomic mass is 9.88. The van der Waals surface area contributed by atoms with E-state index < -0.39 is 0 Å². The van der Waals surface area contributed by atoms with Gasteiger partial charge in [-0.2, -0.15) is 0 Å². The van der Waals surface area contributed by atoms with Crippen molar-refractivity contribution in [2.75, 3.05) is 0 Å². The highest BCUT2D eigenvalue weighted by Crippen LogP contribution is 2.28. The van der Waals surface area contributed by atoms with Crippen molar-refractivity contribution in [1.29, 1.82) is 0 Å². The Labute approximate surface area is 113 Å². The van der Waals surface area contributed by atoms with Crippen LogP contribution in [-0.4, -0.2) is 5.38 Å².